The molecule has 0 saturated heterocycles. The molecule has 0 aliphatic carbocycles. The van der Waals surface area contributed by atoms with E-state index in [1.165, 1.54) is 0 Å². The van der Waals surface area contributed by atoms with E-state index in [-0.39, 0.29) is 0 Å². The SMILES string of the molecule is Cn1cc(Cc2ccc(Cl)cc2Cl)c2cc(C(O)O)ccc21. The number of nitrogens with zero attached hydrogens (tertiary/aromatic N) is 1. The Morgan fingerprint density at radius 1 is 1.05 bits per heavy atom. The van der Waals surface area contributed by atoms with Gasteiger partial charge in [-0.15, -0.1) is 0 Å². The summed E-state index contributed by atoms with van der Waals surface area (Å²) in [6.07, 6.45) is 1.21. The lowest BCUT2D eigenvalue weighted by Crippen LogP contribution is -1.95. The normalized spacial score (nSPS) is 11.5. The van der Waals surface area contributed by atoms with Gasteiger partial charge < -0.3 is 14.8 Å². The molecule has 3 rings (SSSR count). The largest absolute Gasteiger partial charge is 0.364 e. The summed E-state index contributed by atoms with van der Waals surface area (Å²) in [5.41, 5.74) is 3.56. The molecule has 114 valence electrons. The second-order valence-electron chi connectivity index (χ2n) is 5.33. The maximum atomic E-state index is 9.36. The highest BCUT2D eigenvalue weighted by molar-refractivity contribution is 6.35. The number of hydrogen-bond acceptors (Lipinski definition) is 2. The molecule has 0 spiro atoms. The van der Waals surface area contributed by atoms with Gasteiger partial charge in [0.25, 0.3) is 0 Å². The summed E-state index contributed by atoms with van der Waals surface area (Å²) in [7, 11) is 1.96. The Balaban J connectivity index is 2.08. The first-order chi connectivity index (χ1) is 10.5. The number of benzene rings is 2. The van der Waals surface area contributed by atoms with Gasteiger partial charge in [-0.2, -0.15) is 0 Å². The molecule has 0 aliphatic heterocycles. The summed E-state index contributed by atoms with van der Waals surface area (Å²) in [6, 6.07) is 10.9. The van der Waals surface area contributed by atoms with Gasteiger partial charge in [-0.25, -0.2) is 0 Å². The Hall–Kier alpha value is -1.52. The predicted molar refractivity (Wildman–Crippen MR) is 89.4 cm³/mol. The topological polar surface area (TPSA) is 45.4 Å². The standard InChI is InChI=1S/C17H15Cl2NO2/c1-20-9-12(6-10-2-4-13(18)8-15(10)19)14-7-11(17(21)22)3-5-16(14)20/h2-5,7-9,17,21-22H,6H2,1H3. The van der Waals surface area contributed by atoms with E-state index in [0.717, 1.165) is 22.0 Å². The van der Waals surface area contributed by atoms with E-state index in [4.69, 9.17) is 23.2 Å². The van der Waals surface area contributed by atoms with Crippen molar-refractivity contribution in [2.24, 2.45) is 7.05 Å². The fourth-order valence-corrected chi connectivity index (χ4v) is 3.14. The third-order valence-electron chi connectivity index (χ3n) is 3.79. The fraction of sp³-hybridized carbons (Fsp3) is 0.176. The van der Waals surface area contributed by atoms with E-state index in [2.05, 4.69) is 0 Å². The van der Waals surface area contributed by atoms with Gasteiger partial charge in [0.1, 0.15) is 0 Å². The Morgan fingerprint density at radius 3 is 2.50 bits per heavy atom. The minimum atomic E-state index is -1.48. The van der Waals surface area contributed by atoms with E-state index in [0.29, 0.717) is 22.0 Å². The molecule has 0 saturated carbocycles. The Kier molecular flexibility index (Phi) is 4.15. The van der Waals surface area contributed by atoms with Crippen LogP contribution in [0.1, 0.15) is 23.0 Å². The molecule has 1 aromatic heterocycles. The molecule has 22 heavy (non-hydrogen) atoms. The molecule has 1 heterocycles. The van der Waals surface area contributed by atoms with Crippen molar-refractivity contribution in [3.05, 3.63) is 69.3 Å². The van der Waals surface area contributed by atoms with Gasteiger partial charge in [-0.05, 0) is 35.4 Å². The summed E-state index contributed by atoms with van der Waals surface area (Å²) in [5, 5.41) is 20.9. The average Bonchev–Trinajstić information content (AvgIpc) is 2.78. The maximum Gasteiger partial charge on any atom is 0.178 e. The van der Waals surface area contributed by atoms with Crippen molar-refractivity contribution in [1.82, 2.24) is 4.57 Å². The van der Waals surface area contributed by atoms with Crippen LogP contribution in [0, 0.1) is 0 Å². The zero-order chi connectivity index (χ0) is 15.9. The van der Waals surface area contributed by atoms with E-state index in [9.17, 15) is 10.2 Å². The highest BCUT2D eigenvalue weighted by atomic mass is 35.5. The van der Waals surface area contributed by atoms with Crippen molar-refractivity contribution in [2.75, 3.05) is 0 Å². The number of halogens is 2. The molecule has 0 aliphatic rings. The molecule has 2 N–H and O–H groups in total. The van der Waals surface area contributed by atoms with Crippen LogP contribution in [0.15, 0.2) is 42.6 Å². The molecule has 5 heteroatoms. The third-order valence-corrected chi connectivity index (χ3v) is 4.38. The number of aromatic nitrogens is 1. The van der Waals surface area contributed by atoms with Gasteiger partial charge in [0, 0.05) is 46.2 Å². The van der Waals surface area contributed by atoms with Crippen molar-refractivity contribution >= 4 is 34.1 Å². The van der Waals surface area contributed by atoms with Crippen LogP contribution in [-0.4, -0.2) is 14.8 Å². The molecule has 0 bridgehead atoms. The number of aliphatic hydroxyl groups excluding tert-OH is 1. The molecule has 3 nitrogen and oxygen atoms in total. The smallest absolute Gasteiger partial charge is 0.178 e. The van der Waals surface area contributed by atoms with Crippen LogP contribution in [-0.2, 0) is 13.5 Å². The Labute approximate surface area is 138 Å². The summed E-state index contributed by atoms with van der Waals surface area (Å²) < 4.78 is 2.02. The maximum absolute atomic E-state index is 9.36. The quantitative estimate of drug-likeness (QED) is 0.709. The fourth-order valence-electron chi connectivity index (χ4n) is 2.66. The monoisotopic (exact) mass is 335 g/mol. The van der Waals surface area contributed by atoms with E-state index in [1.807, 2.05) is 36.0 Å². The number of fused-ring (bicyclic) bond motifs is 1. The molecular weight excluding hydrogens is 321 g/mol. The van der Waals surface area contributed by atoms with Crippen LogP contribution in [0.3, 0.4) is 0 Å². The van der Waals surface area contributed by atoms with Crippen LogP contribution >= 0.6 is 23.2 Å². The van der Waals surface area contributed by atoms with Gasteiger partial charge in [0.15, 0.2) is 6.29 Å². The van der Waals surface area contributed by atoms with Crippen LogP contribution < -0.4 is 0 Å². The molecule has 0 fully saturated rings. The minimum absolute atomic E-state index is 0.474. The molecule has 0 amide bonds. The van der Waals surface area contributed by atoms with Gasteiger partial charge in [-0.3, -0.25) is 0 Å². The summed E-state index contributed by atoms with van der Waals surface area (Å²) >= 11 is 12.2. The molecule has 0 radical (unpaired) electrons. The second kappa shape index (κ2) is 5.94. The van der Waals surface area contributed by atoms with E-state index in [1.54, 1.807) is 18.2 Å². The predicted octanol–water partition coefficient (Wildman–Crippen LogP) is 4.06. The third kappa shape index (κ3) is 2.85. The first-order valence-corrected chi connectivity index (χ1v) is 7.59. The van der Waals surface area contributed by atoms with E-state index < -0.39 is 6.29 Å². The van der Waals surface area contributed by atoms with Crippen LogP contribution in [0.4, 0.5) is 0 Å². The molecule has 0 atom stereocenters. The van der Waals surface area contributed by atoms with Crippen LogP contribution in [0.2, 0.25) is 10.0 Å². The Bertz CT molecular complexity index is 840. The summed E-state index contributed by atoms with van der Waals surface area (Å²) in [4.78, 5) is 0. The molecular formula is C17H15Cl2NO2. The van der Waals surface area contributed by atoms with Gasteiger partial charge in [0.2, 0.25) is 0 Å². The summed E-state index contributed by atoms with van der Waals surface area (Å²) in [6.45, 7) is 0. The van der Waals surface area contributed by atoms with Gasteiger partial charge in [-0.1, -0.05) is 35.3 Å². The molecule has 3 aromatic rings. The first-order valence-electron chi connectivity index (χ1n) is 6.83. The lowest BCUT2D eigenvalue weighted by Gasteiger charge is -2.06. The van der Waals surface area contributed by atoms with Crippen molar-refractivity contribution < 1.29 is 10.2 Å². The zero-order valence-corrected chi connectivity index (χ0v) is 13.4. The van der Waals surface area contributed by atoms with Crippen molar-refractivity contribution in [3.8, 4) is 0 Å². The first kappa shape index (κ1) is 15.4. The van der Waals surface area contributed by atoms with Crippen molar-refractivity contribution in [3.63, 3.8) is 0 Å². The average molecular weight is 336 g/mol. The van der Waals surface area contributed by atoms with E-state index >= 15 is 0 Å². The zero-order valence-electron chi connectivity index (χ0n) is 11.9. The second-order valence-corrected chi connectivity index (χ2v) is 6.17. The van der Waals surface area contributed by atoms with Crippen LogP contribution in [0.25, 0.3) is 10.9 Å². The number of aliphatic hydroxyl groups is 2. The number of rotatable bonds is 3. The van der Waals surface area contributed by atoms with Crippen molar-refractivity contribution in [1.29, 1.82) is 0 Å². The van der Waals surface area contributed by atoms with Crippen LogP contribution in [0.5, 0.6) is 0 Å². The van der Waals surface area contributed by atoms with Gasteiger partial charge >= 0.3 is 0 Å². The number of hydrogen-bond donors (Lipinski definition) is 2. The lowest BCUT2D eigenvalue weighted by molar-refractivity contribution is -0.0423. The highest BCUT2D eigenvalue weighted by Crippen LogP contribution is 2.29. The summed E-state index contributed by atoms with van der Waals surface area (Å²) in [5.74, 6) is 0. The molecule has 0 unspecified atom stereocenters. The number of aryl methyl sites for hydroxylation is 1. The van der Waals surface area contributed by atoms with Gasteiger partial charge in [0.05, 0.1) is 0 Å². The van der Waals surface area contributed by atoms with Crippen molar-refractivity contribution in [2.45, 2.75) is 12.7 Å². The minimum Gasteiger partial charge on any atom is -0.364 e. The Morgan fingerprint density at radius 2 is 1.82 bits per heavy atom. The highest BCUT2D eigenvalue weighted by Gasteiger charge is 2.12. The lowest BCUT2D eigenvalue weighted by atomic mass is 10.0. The molecule has 2 aromatic carbocycles.